The van der Waals surface area contributed by atoms with Gasteiger partial charge >= 0.3 is 6.09 Å². The molecular formula is C19H23BrN2O4S. The summed E-state index contributed by atoms with van der Waals surface area (Å²) in [6.07, 6.45) is -0.898. The maximum atomic E-state index is 12.8. The number of nitrogens with zero attached hydrogens (tertiary/aromatic N) is 1. The summed E-state index contributed by atoms with van der Waals surface area (Å²) in [5, 5.41) is 25.0. The zero-order valence-electron chi connectivity index (χ0n) is 15.3. The number of nitrogens with one attached hydrogen (secondary N) is 1. The number of benzene rings is 1. The van der Waals surface area contributed by atoms with Crippen LogP contribution in [0, 0.1) is 5.41 Å². The van der Waals surface area contributed by atoms with Gasteiger partial charge in [-0.25, -0.2) is 9.86 Å². The van der Waals surface area contributed by atoms with E-state index in [4.69, 9.17) is 0 Å². The molecule has 2 aromatic rings. The summed E-state index contributed by atoms with van der Waals surface area (Å²) in [5.41, 5.74) is 0.359. The highest BCUT2D eigenvalue weighted by Gasteiger charge is 2.39. The second kappa shape index (κ2) is 8.86. The Hall–Kier alpha value is -1.90. The lowest BCUT2D eigenvalue weighted by molar-refractivity contribution is -0.105. The second-order valence-electron chi connectivity index (χ2n) is 7.33. The fourth-order valence-corrected chi connectivity index (χ4v) is 4.27. The molecule has 0 saturated carbocycles. The molecule has 2 amide bonds. The highest BCUT2D eigenvalue weighted by molar-refractivity contribution is 9.10. The zero-order valence-corrected chi connectivity index (χ0v) is 17.8. The van der Waals surface area contributed by atoms with Gasteiger partial charge in [-0.05, 0) is 39.4 Å². The Morgan fingerprint density at radius 3 is 2.37 bits per heavy atom. The fraction of sp³-hybridized carbons (Fsp3) is 0.368. The normalized spacial score (nSPS) is 13.7. The number of hydrogen-bond acceptors (Lipinski definition) is 4. The maximum absolute atomic E-state index is 12.8. The number of halogens is 1. The van der Waals surface area contributed by atoms with E-state index in [-0.39, 0.29) is 0 Å². The van der Waals surface area contributed by atoms with Crippen molar-refractivity contribution < 1.29 is 19.9 Å². The molecule has 8 heteroatoms. The van der Waals surface area contributed by atoms with E-state index in [0.717, 1.165) is 10.0 Å². The minimum Gasteiger partial charge on any atom is -0.465 e. The summed E-state index contributed by atoms with van der Waals surface area (Å²) in [6.45, 7) is 5.60. The fourth-order valence-electron chi connectivity index (χ4n) is 2.91. The molecule has 0 radical (unpaired) electrons. The van der Waals surface area contributed by atoms with Crippen LogP contribution in [-0.4, -0.2) is 39.5 Å². The number of hydrogen-bond donors (Lipinski definition) is 3. The van der Waals surface area contributed by atoms with Crippen LogP contribution < -0.4 is 5.32 Å². The molecule has 0 saturated heterocycles. The van der Waals surface area contributed by atoms with E-state index in [1.54, 1.807) is 11.4 Å². The predicted octanol–water partition coefficient (Wildman–Crippen LogP) is 4.64. The molecule has 0 aliphatic heterocycles. The zero-order chi connectivity index (χ0) is 20.2. The first-order chi connectivity index (χ1) is 12.6. The van der Waals surface area contributed by atoms with Gasteiger partial charge in [-0.1, -0.05) is 51.1 Å². The van der Waals surface area contributed by atoms with Gasteiger partial charge in [0.25, 0.3) is 5.91 Å². The first-order valence-electron chi connectivity index (χ1n) is 8.39. The molecule has 2 unspecified atom stereocenters. The Balaban J connectivity index is 2.40. The highest BCUT2D eigenvalue weighted by Crippen LogP contribution is 2.28. The molecule has 2 rings (SSSR count). The van der Waals surface area contributed by atoms with Crippen molar-refractivity contribution in [2.75, 3.05) is 0 Å². The van der Waals surface area contributed by atoms with E-state index in [1.807, 2.05) is 51.1 Å². The lowest BCUT2D eigenvalue weighted by atomic mass is 9.80. The molecule has 2 atom stereocenters. The van der Waals surface area contributed by atoms with Crippen molar-refractivity contribution >= 4 is 39.3 Å². The second-order valence-corrected chi connectivity index (χ2v) is 9.16. The van der Waals surface area contributed by atoms with Gasteiger partial charge in [0.15, 0.2) is 0 Å². The molecule has 27 heavy (non-hydrogen) atoms. The molecule has 1 aromatic heterocycles. The Bertz CT molecular complexity index is 789. The van der Waals surface area contributed by atoms with E-state index >= 15 is 0 Å². The van der Waals surface area contributed by atoms with Crippen molar-refractivity contribution in [2.45, 2.75) is 39.3 Å². The van der Waals surface area contributed by atoms with E-state index < -0.39 is 29.5 Å². The minimum absolute atomic E-state index is 0.303. The maximum Gasteiger partial charge on any atom is 0.404 e. The van der Waals surface area contributed by atoms with Crippen molar-refractivity contribution in [3.63, 3.8) is 0 Å². The summed E-state index contributed by atoms with van der Waals surface area (Å²) in [7, 11) is 0. The Kier molecular flexibility index (Phi) is 7.02. The van der Waals surface area contributed by atoms with Crippen LogP contribution in [0.3, 0.4) is 0 Å². The Morgan fingerprint density at radius 2 is 1.89 bits per heavy atom. The van der Waals surface area contributed by atoms with Gasteiger partial charge in [0.2, 0.25) is 0 Å². The van der Waals surface area contributed by atoms with Gasteiger partial charge in [-0.3, -0.25) is 10.0 Å². The number of rotatable bonds is 6. The van der Waals surface area contributed by atoms with Gasteiger partial charge in [0.1, 0.15) is 0 Å². The summed E-state index contributed by atoms with van der Waals surface area (Å²) < 4.78 is 0.750. The third kappa shape index (κ3) is 5.79. The Labute approximate surface area is 170 Å². The van der Waals surface area contributed by atoms with E-state index in [1.165, 1.54) is 11.3 Å². The van der Waals surface area contributed by atoms with Crippen LogP contribution in [0.2, 0.25) is 0 Å². The van der Waals surface area contributed by atoms with Crippen molar-refractivity contribution in [1.82, 2.24) is 10.4 Å². The van der Waals surface area contributed by atoms with Gasteiger partial charge in [0.05, 0.1) is 17.0 Å². The molecule has 3 N–H and O–H groups in total. The first kappa shape index (κ1) is 21.4. The smallest absolute Gasteiger partial charge is 0.404 e. The van der Waals surface area contributed by atoms with Crippen LogP contribution in [-0.2, 0) is 6.42 Å². The molecule has 0 aliphatic rings. The van der Waals surface area contributed by atoms with Crippen LogP contribution in [0.5, 0.6) is 0 Å². The van der Waals surface area contributed by atoms with Crippen LogP contribution >= 0.6 is 27.3 Å². The van der Waals surface area contributed by atoms with Gasteiger partial charge in [0, 0.05) is 9.85 Å². The van der Waals surface area contributed by atoms with Gasteiger partial charge in [-0.2, -0.15) is 0 Å². The average Bonchev–Trinajstić information content (AvgIpc) is 3.03. The summed E-state index contributed by atoms with van der Waals surface area (Å²) in [6, 6.07) is 9.53. The summed E-state index contributed by atoms with van der Waals surface area (Å²) in [5.74, 6) is -0.562. The molecule has 0 spiro atoms. The monoisotopic (exact) mass is 454 g/mol. The molecular weight excluding hydrogens is 432 g/mol. The number of thiophene rings is 1. The molecule has 146 valence electrons. The Morgan fingerprint density at radius 1 is 1.26 bits per heavy atom. The number of carboxylic acid groups (broad SMARTS) is 1. The van der Waals surface area contributed by atoms with Crippen LogP contribution in [0.25, 0.3) is 0 Å². The van der Waals surface area contributed by atoms with Crippen molar-refractivity contribution in [2.24, 2.45) is 5.41 Å². The van der Waals surface area contributed by atoms with Crippen LogP contribution in [0.4, 0.5) is 4.79 Å². The molecule has 1 heterocycles. The van der Waals surface area contributed by atoms with E-state index in [2.05, 4.69) is 21.2 Å². The number of carbonyl (C=O) groups excluding carboxylic acids is 1. The SMILES string of the molecule is CC(C)(C)C(NC(=O)O)C(Cc1ccccc1)N(O)C(=O)c1cc(Br)cs1. The van der Waals surface area contributed by atoms with E-state index in [0.29, 0.717) is 16.4 Å². The van der Waals surface area contributed by atoms with Gasteiger partial charge in [-0.15, -0.1) is 11.3 Å². The van der Waals surface area contributed by atoms with Gasteiger partial charge < -0.3 is 10.4 Å². The summed E-state index contributed by atoms with van der Waals surface area (Å²) >= 11 is 4.51. The average molecular weight is 455 g/mol. The quantitative estimate of drug-likeness (QED) is 0.438. The third-order valence-corrected chi connectivity index (χ3v) is 5.86. The number of carbonyl (C=O) groups is 2. The van der Waals surface area contributed by atoms with Crippen molar-refractivity contribution in [3.05, 3.63) is 56.7 Å². The molecule has 0 bridgehead atoms. The molecule has 0 fully saturated rings. The third-order valence-electron chi connectivity index (χ3n) is 4.18. The molecule has 6 nitrogen and oxygen atoms in total. The molecule has 0 aliphatic carbocycles. The topological polar surface area (TPSA) is 89.9 Å². The number of hydroxylamine groups is 2. The first-order valence-corrected chi connectivity index (χ1v) is 10.1. The van der Waals surface area contributed by atoms with E-state index in [9.17, 15) is 19.9 Å². The van der Waals surface area contributed by atoms with Crippen molar-refractivity contribution in [1.29, 1.82) is 0 Å². The summed E-state index contributed by atoms with van der Waals surface area (Å²) in [4.78, 5) is 24.5. The lowest BCUT2D eigenvalue weighted by Crippen LogP contribution is -2.58. The lowest BCUT2D eigenvalue weighted by Gasteiger charge is -2.40. The highest BCUT2D eigenvalue weighted by atomic mass is 79.9. The minimum atomic E-state index is -1.20. The van der Waals surface area contributed by atoms with Crippen LogP contribution in [0.15, 0.2) is 46.3 Å². The largest absolute Gasteiger partial charge is 0.465 e. The number of amides is 2. The predicted molar refractivity (Wildman–Crippen MR) is 108 cm³/mol. The molecule has 1 aromatic carbocycles. The van der Waals surface area contributed by atoms with Crippen LogP contribution in [0.1, 0.15) is 36.0 Å². The standard InChI is InChI=1S/C19H23BrN2O4S/c1-19(2,3)16(21-18(24)25)14(9-12-7-5-4-6-8-12)22(26)17(23)15-10-13(20)11-27-15/h4-8,10-11,14,16,21,26H,9H2,1-3H3,(H,24,25). The van der Waals surface area contributed by atoms with Crippen molar-refractivity contribution in [3.8, 4) is 0 Å².